The number of thioether (sulfide) groups is 1. The zero-order valence-corrected chi connectivity index (χ0v) is 28.4. The van der Waals surface area contributed by atoms with Crippen LogP contribution in [0, 0.1) is 20.8 Å². The molecule has 5 rings (SSSR count). The van der Waals surface area contributed by atoms with Crippen LogP contribution in [0.15, 0.2) is 89.8 Å². The molecule has 1 aliphatic heterocycles. The third-order valence-corrected chi connectivity index (χ3v) is 9.35. The number of rotatable bonds is 9. The molecule has 0 unspecified atom stereocenters. The molecule has 1 heterocycles. The first-order valence-corrected chi connectivity index (χ1v) is 16.1. The van der Waals surface area contributed by atoms with Crippen molar-refractivity contribution in [1.82, 2.24) is 4.90 Å². The Morgan fingerprint density at radius 2 is 1.49 bits per heavy atom. The van der Waals surface area contributed by atoms with Crippen molar-refractivity contribution >= 4 is 89.8 Å². The van der Waals surface area contributed by atoms with Crippen LogP contribution in [0.3, 0.4) is 0 Å². The number of carboxylic acids is 1. The number of carbonyl (C=O) groups excluding carboxylic acids is 1. The van der Waals surface area contributed by atoms with Gasteiger partial charge in [-0.15, -0.1) is 0 Å². The maximum atomic E-state index is 12.6. The molecule has 9 heteroatoms. The van der Waals surface area contributed by atoms with Gasteiger partial charge in [0.25, 0.3) is 5.91 Å². The fourth-order valence-electron chi connectivity index (χ4n) is 5.27. The minimum absolute atomic E-state index is 0.248. The van der Waals surface area contributed by atoms with Crippen LogP contribution in [0.5, 0.6) is 5.75 Å². The van der Waals surface area contributed by atoms with E-state index >= 15 is 0 Å². The molecule has 0 bridgehead atoms. The van der Waals surface area contributed by atoms with E-state index in [9.17, 15) is 9.59 Å². The summed E-state index contributed by atoms with van der Waals surface area (Å²) in [5.74, 6) is -0.683. The van der Waals surface area contributed by atoms with Crippen LogP contribution >= 0.6 is 39.9 Å². The predicted octanol–water partition coefficient (Wildman–Crippen LogP) is 9.27. The Morgan fingerprint density at radius 1 is 0.933 bits per heavy atom. The molecular weight excluding hydrogens is 668 g/mol. The van der Waals surface area contributed by atoms with Crippen LogP contribution in [-0.2, 0) is 9.59 Å². The number of nitrogens with zero attached hydrogens (tertiary/aromatic N) is 2. The highest BCUT2D eigenvalue weighted by Crippen LogP contribution is 2.40. The van der Waals surface area contributed by atoms with E-state index in [1.807, 2.05) is 36.4 Å². The molecule has 0 atom stereocenters. The number of thiocarbonyl (C=S) groups is 1. The quantitative estimate of drug-likeness (QED) is 0.106. The summed E-state index contributed by atoms with van der Waals surface area (Å²) in [4.78, 5) is 27.4. The van der Waals surface area contributed by atoms with Gasteiger partial charge in [-0.05, 0) is 97.1 Å². The Kier molecular flexibility index (Phi) is 9.92. The number of benzene rings is 4. The molecule has 0 aliphatic carbocycles. The van der Waals surface area contributed by atoms with Crippen LogP contribution in [0.4, 0.5) is 17.1 Å². The second kappa shape index (κ2) is 13.9. The van der Waals surface area contributed by atoms with Gasteiger partial charge < -0.3 is 14.7 Å². The average molecular weight is 700 g/mol. The number of amides is 1. The molecule has 0 saturated carbocycles. The number of aryl methyl sites for hydroxylation is 3. The number of hydrogen-bond acceptors (Lipinski definition) is 6. The fourth-order valence-corrected chi connectivity index (χ4v) is 7.06. The monoisotopic (exact) mass is 698 g/mol. The van der Waals surface area contributed by atoms with Gasteiger partial charge in [0, 0.05) is 15.9 Å². The summed E-state index contributed by atoms with van der Waals surface area (Å²) >= 11 is 10.0. The summed E-state index contributed by atoms with van der Waals surface area (Å²) in [6.45, 7) is 5.98. The highest BCUT2D eigenvalue weighted by Gasteiger charge is 2.33. The molecule has 4 aromatic rings. The van der Waals surface area contributed by atoms with Gasteiger partial charge in [0.1, 0.15) is 16.6 Å². The number of aliphatic carboxylic acids is 1. The number of halogens is 1. The fraction of sp³-hybridized carbons (Fsp3) is 0.139. The van der Waals surface area contributed by atoms with E-state index in [4.69, 9.17) is 22.1 Å². The SMILES string of the molecule is COc1ccc(N(c2ccc(/C=C(\Br)c3ccc(/C=C4\SC(=S)N(CC(=O)O)C4=O)cc3)cc2)c2c(C)cc(C)cc2C)cc1. The van der Waals surface area contributed by atoms with Crippen molar-refractivity contribution in [3.8, 4) is 5.75 Å². The van der Waals surface area contributed by atoms with E-state index in [0.717, 1.165) is 60.6 Å². The maximum absolute atomic E-state index is 12.6. The normalized spacial score (nSPS) is 14.3. The molecule has 1 N–H and O–H groups in total. The van der Waals surface area contributed by atoms with Crippen LogP contribution in [0.25, 0.3) is 16.6 Å². The Balaban J connectivity index is 1.38. The van der Waals surface area contributed by atoms with Crippen LogP contribution in [0.2, 0.25) is 0 Å². The molecule has 228 valence electrons. The zero-order chi connectivity index (χ0) is 32.2. The Labute approximate surface area is 281 Å². The second-order valence-electron chi connectivity index (χ2n) is 10.6. The lowest BCUT2D eigenvalue weighted by atomic mass is 10.0. The third kappa shape index (κ3) is 7.39. The van der Waals surface area contributed by atoms with Gasteiger partial charge in [-0.3, -0.25) is 14.5 Å². The first kappa shape index (κ1) is 32.2. The van der Waals surface area contributed by atoms with E-state index in [2.05, 4.69) is 96.2 Å². The molecule has 1 amide bonds. The topological polar surface area (TPSA) is 70.1 Å². The second-order valence-corrected chi connectivity index (χ2v) is 13.2. The first-order chi connectivity index (χ1) is 21.5. The van der Waals surface area contributed by atoms with Crippen molar-refractivity contribution < 1.29 is 19.4 Å². The molecule has 1 fully saturated rings. The highest BCUT2D eigenvalue weighted by atomic mass is 79.9. The highest BCUT2D eigenvalue weighted by molar-refractivity contribution is 9.15. The largest absolute Gasteiger partial charge is 0.497 e. The molecule has 1 aliphatic rings. The predicted molar refractivity (Wildman–Crippen MR) is 193 cm³/mol. The lowest BCUT2D eigenvalue weighted by Gasteiger charge is -2.29. The zero-order valence-electron chi connectivity index (χ0n) is 25.2. The molecule has 0 radical (unpaired) electrons. The number of anilines is 3. The van der Waals surface area contributed by atoms with Gasteiger partial charge in [0.2, 0.25) is 0 Å². The Bertz CT molecular complexity index is 1810. The van der Waals surface area contributed by atoms with Crippen LogP contribution < -0.4 is 9.64 Å². The smallest absolute Gasteiger partial charge is 0.323 e. The summed E-state index contributed by atoms with van der Waals surface area (Å²) in [6, 6.07) is 28.7. The third-order valence-electron chi connectivity index (χ3n) is 7.29. The van der Waals surface area contributed by atoms with Crippen molar-refractivity contribution in [1.29, 1.82) is 0 Å². The van der Waals surface area contributed by atoms with Crippen LogP contribution in [-0.4, -0.2) is 39.9 Å². The molecule has 1 saturated heterocycles. The lowest BCUT2D eigenvalue weighted by Crippen LogP contribution is -2.33. The minimum atomic E-state index is -1.10. The van der Waals surface area contributed by atoms with Gasteiger partial charge in [-0.2, -0.15) is 0 Å². The summed E-state index contributed by atoms with van der Waals surface area (Å²) < 4.78 is 6.56. The molecule has 45 heavy (non-hydrogen) atoms. The van der Waals surface area contributed by atoms with Crippen LogP contribution in [0.1, 0.15) is 33.4 Å². The number of methoxy groups -OCH3 is 1. The van der Waals surface area contributed by atoms with E-state index in [1.54, 1.807) is 13.2 Å². The molecule has 4 aromatic carbocycles. The minimum Gasteiger partial charge on any atom is -0.497 e. The number of carbonyl (C=O) groups is 2. The van der Waals surface area contributed by atoms with Gasteiger partial charge in [-0.25, -0.2) is 0 Å². The van der Waals surface area contributed by atoms with Crippen molar-refractivity contribution in [3.05, 3.63) is 123 Å². The van der Waals surface area contributed by atoms with E-state index in [0.29, 0.717) is 4.91 Å². The standard InChI is InChI=1S/C36H31BrN2O4S2/c1-22-17-23(2)34(24(3)18-22)39(29-13-15-30(43-4)16-14-29)28-11-7-25(8-12-28)19-31(37)27-9-5-26(6-10-27)20-32-35(42)38(21-33(40)41)36(44)45-32/h5-20H,21H2,1-4H3,(H,40,41)/b31-19-,32-20-. The van der Waals surface area contributed by atoms with Gasteiger partial charge in [0.05, 0.1) is 17.7 Å². The molecule has 0 spiro atoms. The van der Waals surface area contributed by atoms with Crippen molar-refractivity contribution in [2.45, 2.75) is 20.8 Å². The summed E-state index contributed by atoms with van der Waals surface area (Å²) in [5.41, 5.74) is 9.69. The average Bonchev–Trinajstić information content (AvgIpc) is 3.26. The number of hydrogen-bond donors (Lipinski definition) is 1. The summed E-state index contributed by atoms with van der Waals surface area (Å²) in [5, 5.41) is 9.05. The Hall–Kier alpha value is -4.18. The molecular formula is C36H31BrN2O4S2. The van der Waals surface area contributed by atoms with Crippen molar-refractivity contribution in [3.63, 3.8) is 0 Å². The summed E-state index contributed by atoms with van der Waals surface area (Å²) in [6.07, 6.45) is 3.79. The first-order valence-electron chi connectivity index (χ1n) is 14.1. The Morgan fingerprint density at radius 3 is 2.04 bits per heavy atom. The van der Waals surface area contributed by atoms with Gasteiger partial charge in [-0.1, -0.05) is 94.0 Å². The number of ether oxygens (including phenoxy) is 1. The van der Waals surface area contributed by atoms with Gasteiger partial charge >= 0.3 is 5.97 Å². The van der Waals surface area contributed by atoms with Crippen molar-refractivity contribution in [2.24, 2.45) is 0 Å². The lowest BCUT2D eigenvalue weighted by molar-refractivity contribution is -0.140. The summed E-state index contributed by atoms with van der Waals surface area (Å²) in [7, 11) is 1.67. The maximum Gasteiger partial charge on any atom is 0.323 e. The van der Waals surface area contributed by atoms with Gasteiger partial charge in [0.15, 0.2) is 0 Å². The van der Waals surface area contributed by atoms with E-state index in [-0.39, 0.29) is 10.2 Å². The molecule has 0 aromatic heterocycles. The van der Waals surface area contributed by atoms with E-state index < -0.39 is 12.5 Å². The van der Waals surface area contributed by atoms with E-state index in [1.165, 1.54) is 16.7 Å². The molecule has 6 nitrogen and oxygen atoms in total. The van der Waals surface area contributed by atoms with Crippen molar-refractivity contribution in [2.75, 3.05) is 18.6 Å². The number of carboxylic acid groups (broad SMARTS) is 1.